The standard InChI is InChI=1S/C26H24N4O7/c1-35-25(33)29-24(30-26(34)36-2)28-21-15-18(23(32)17-9-5-3-6-10-17)13-14-20(21)27-22(31)16-37-19-11-7-4-8-12-19/h3-15H,16H2,1-2H3,(H,27,31)(H2,28,29,30,33,34). The number of guanidine groups is 1. The summed E-state index contributed by atoms with van der Waals surface area (Å²) in [6, 6.07) is 21.7. The van der Waals surface area contributed by atoms with E-state index in [9.17, 15) is 19.2 Å². The summed E-state index contributed by atoms with van der Waals surface area (Å²) >= 11 is 0. The molecule has 0 atom stereocenters. The fourth-order valence-corrected chi connectivity index (χ4v) is 2.98. The normalized spacial score (nSPS) is 9.89. The highest BCUT2D eigenvalue weighted by molar-refractivity contribution is 6.10. The number of nitrogens with zero attached hydrogens (tertiary/aromatic N) is 1. The highest BCUT2D eigenvalue weighted by Gasteiger charge is 2.16. The summed E-state index contributed by atoms with van der Waals surface area (Å²) in [6.45, 7) is -0.300. The molecule has 0 aliphatic carbocycles. The Labute approximate surface area is 212 Å². The van der Waals surface area contributed by atoms with Crippen molar-refractivity contribution in [3.63, 3.8) is 0 Å². The summed E-state index contributed by atoms with van der Waals surface area (Å²) in [6.07, 6.45) is -1.85. The average Bonchev–Trinajstić information content (AvgIpc) is 2.93. The Morgan fingerprint density at radius 2 is 1.35 bits per heavy atom. The molecule has 0 radical (unpaired) electrons. The van der Waals surface area contributed by atoms with E-state index in [2.05, 4.69) is 30.4 Å². The number of nitrogens with one attached hydrogen (secondary N) is 3. The van der Waals surface area contributed by atoms with Crippen LogP contribution in [0.4, 0.5) is 21.0 Å². The lowest BCUT2D eigenvalue weighted by atomic mass is 10.0. The molecule has 37 heavy (non-hydrogen) atoms. The average molecular weight is 504 g/mol. The minimum absolute atomic E-state index is 0.0534. The molecular formula is C26H24N4O7. The molecule has 3 N–H and O–H groups in total. The lowest BCUT2D eigenvalue weighted by Gasteiger charge is -2.13. The van der Waals surface area contributed by atoms with E-state index >= 15 is 0 Å². The van der Waals surface area contributed by atoms with Crippen LogP contribution in [0.5, 0.6) is 5.75 Å². The second kappa shape index (κ2) is 13.0. The number of methoxy groups -OCH3 is 2. The Morgan fingerprint density at radius 3 is 1.95 bits per heavy atom. The van der Waals surface area contributed by atoms with Crippen LogP contribution in [0, 0.1) is 0 Å². The van der Waals surface area contributed by atoms with Gasteiger partial charge in [-0.1, -0.05) is 48.5 Å². The van der Waals surface area contributed by atoms with Crippen LogP contribution in [0.25, 0.3) is 0 Å². The van der Waals surface area contributed by atoms with Gasteiger partial charge >= 0.3 is 12.2 Å². The summed E-state index contributed by atoms with van der Waals surface area (Å²) in [7, 11) is 2.26. The van der Waals surface area contributed by atoms with E-state index in [0.29, 0.717) is 11.3 Å². The van der Waals surface area contributed by atoms with Gasteiger partial charge in [-0.2, -0.15) is 0 Å². The molecule has 0 aliphatic rings. The number of aliphatic imine (C=N–C) groups is 1. The van der Waals surface area contributed by atoms with Gasteiger partial charge in [-0.3, -0.25) is 20.2 Å². The molecule has 3 amide bonds. The maximum atomic E-state index is 13.0. The van der Waals surface area contributed by atoms with E-state index in [1.165, 1.54) is 18.2 Å². The van der Waals surface area contributed by atoms with Gasteiger partial charge in [-0.05, 0) is 30.3 Å². The van der Waals surface area contributed by atoms with E-state index in [-0.39, 0.29) is 35.3 Å². The van der Waals surface area contributed by atoms with Crippen LogP contribution in [0.3, 0.4) is 0 Å². The molecule has 0 unspecified atom stereocenters. The highest BCUT2D eigenvalue weighted by Crippen LogP contribution is 2.28. The molecule has 3 aromatic rings. The lowest BCUT2D eigenvalue weighted by Crippen LogP contribution is -2.43. The summed E-state index contributed by atoms with van der Waals surface area (Å²) < 4.78 is 14.6. The van der Waals surface area contributed by atoms with Gasteiger partial charge in [0.1, 0.15) is 5.75 Å². The molecule has 0 saturated heterocycles. The summed E-state index contributed by atoms with van der Waals surface area (Å²) in [5.74, 6) is -0.665. The van der Waals surface area contributed by atoms with Crippen molar-refractivity contribution >= 4 is 41.2 Å². The smallest absolute Gasteiger partial charge is 0.413 e. The molecule has 0 spiro atoms. The zero-order chi connectivity index (χ0) is 26.6. The summed E-state index contributed by atoms with van der Waals surface area (Å²) in [5.41, 5.74) is 0.921. The predicted molar refractivity (Wildman–Crippen MR) is 135 cm³/mol. The summed E-state index contributed by atoms with van der Waals surface area (Å²) in [5, 5.41) is 7.14. The van der Waals surface area contributed by atoms with Gasteiger partial charge in [0, 0.05) is 11.1 Å². The minimum Gasteiger partial charge on any atom is -0.484 e. The molecule has 3 rings (SSSR count). The SMILES string of the molecule is COC(=O)NC(=Nc1cc(C(=O)c2ccccc2)ccc1NC(=O)COc1ccccc1)NC(=O)OC. The fraction of sp³-hybridized carbons (Fsp3) is 0.115. The molecule has 190 valence electrons. The molecule has 0 fully saturated rings. The third-order valence-corrected chi connectivity index (χ3v) is 4.73. The molecule has 0 bridgehead atoms. The van der Waals surface area contributed by atoms with Gasteiger partial charge in [0.05, 0.1) is 25.6 Å². The molecule has 0 saturated carbocycles. The van der Waals surface area contributed by atoms with Crippen molar-refractivity contribution in [3.05, 3.63) is 90.0 Å². The first kappa shape index (κ1) is 26.4. The topological polar surface area (TPSA) is 144 Å². The Bertz CT molecular complexity index is 1270. The van der Waals surface area contributed by atoms with E-state index < -0.39 is 18.1 Å². The number of ketones is 1. The highest BCUT2D eigenvalue weighted by atomic mass is 16.5. The van der Waals surface area contributed by atoms with Crippen molar-refractivity contribution in [3.8, 4) is 5.75 Å². The third kappa shape index (κ3) is 7.92. The van der Waals surface area contributed by atoms with Crippen LogP contribution < -0.4 is 20.7 Å². The van der Waals surface area contributed by atoms with E-state index in [1.807, 2.05) is 6.07 Å². The number of hydrogen-bond donors (Lipinski definition) is 3. The van der Waals surface area contributed by atoms with Crippen molar-refractivity contribution in [1.82, 2.24) is 10.6 Å². The first-order valence-electron chi connectivity index (χ1n) is 10.9. The third-order valence-electron chi connectivity index (χ3n) is 4.73. The Balaban J connectivity index is 1.94. The number of carbonyl (C=O) groups is 4. The quantitative estimate of drug-likeness (QED) is 0.253. The molecule has 0 aliphatic heterocycles. The Hall–Kier alpha value is -5.19. The number of rotatable bonds is 7. The zero-order valence-corrected chi connectivity index (χ0v) is 20.0. The number of amides is 3. The van der Waals surface area contributed by atoms with E-state index in [1.54, 1.807) is 54.6 Å². The fourth-order valence-electron chi connectivity index (χ4n) is 2.98. The number of alkyl carbamates (subject to hydrolysis) is 2. The molecule has 0 aromatic heterocycles. The van der Waals surface area contributed by atoms with Crippen LogP contribution in [0.1, 0.15) is 15.9 Å². The number of hydrogen-bond acceptors (Lipinski definition) is 8. The van der Waals surface area contributed by atoms with E-state index in [0.717, 1.165) is 14.2 Å². The van der Waals surface area contributed by atoms with Gasteiger partial charge in [0.15, 0.2) is 12.4 Å². The molecule has 3 aromatic carbocycles. The maximum Gasteiger partial charge on any atom is 0.413 e. The second-order valence-electron chi connectivity index (χ2n) is 7.27. The van der Waals surface area contributed by atoms with Gasteiger partial charge in [-0.15, -0.1) is 0 Å². The first-order chi connectivity index (χ1) is 17.9. The van der Waals surface area contributed by atoms with Crippen molar-refractivity contribution < 1.29 is 33.4 Å². The Morgan fingerprint density at radius 1 is 0.757 bits per heavy atom. The van der Waals surface area contributed by atoms with Crippen molar-refractivity contribution in [1.29, 1.82) is 0 Å². The van der Waals surface area contributed by atoms with Crippen molar-refractivity contribution in [2.45, 2.75) is 0 Å². The number of para-hydroxylation sites is 1. The number of benzene rings is 3. The van der Waals surface area contributed by atoms with Crippen LogP contribution >= 0.6 is 0 Å². The molecular weight excluding hydrogens is 480 g/mol. The van der Waals surface area contributed by atoms with Crippen LogP contribution in [0.15, 0.2) is 83.9 Å². The van der Waals surface area contributed by atoms with Gasteiger partial charge in [0.2, 0.25) is 5.96 Å². The molecule has 0 heterocycles. The summed E-state index contributed by atoms with van der Waals surface area (Å²) in [4.78, 5) is 53.4. The number of ether oxygens (including phenoxy) is 3. The van der Waals surface area contributed by atoms with Gasteiger partial charge in [0.25, 0.3) is 5.91 Å². The lowest BCUT2D eigenvalue weighted by molar-refractivity contribution is -0.118. The van der Waals surface area contributed by atoms with Gasteiger partial charge in [-0.25, -0.2) is 14.6 Å². The molecule has 11 nitrogen and oxygen atoms in total. The molecule has 11 heteroatoms. The van der Waals surface area contributed by atoms with Crippen LogP contribution in [0.2, 0.25) is 0 Å². The predicted octanol–water partition coefficient (Wildman–Crippen LogP) is 3.63. The monoisotopic (exact) mass is 504 g/mol. The second-order valence-corrected chi connectivity index (χ2v) is 7.27. The zero-order valence-electron chi connectivity index (χ0n) is 20.0. The first-order valence-corrected chi connectivity index (χ1v) is 10.9. The maximum absolute atomic E-state index is 13.0. The van der Waals surface area contributed by atoms with E-state index in [4.69, 9.17) is 4.74 Å². The number of carbonyl (C=O) groups excluding carboxylic acids is 4. The van der Waals surface area contributed by atoms with Crippen LogP contribution in [-0.2, 0) is 14.3 Å². The van der Waals surface area contributed by atoms with Crippen molar-refractivity contribution in [2.75, 3.05) is 26.1 Å². The Kier molecular flexibility index (Phi) is 9.31. The van der Waals surface area contributed by atoms with Crippen LogP contribution in [-0.4, -0.2) is 50.7 Å². The number of anilines is 1. The largest absolute Gasteiger partial charge is 0.484 e. The van der Waals surface area contributed by atoms with Crippen molar-refractivity contribution in [2.24, 2.45) is 4.99 Å². The minimum atomic E-state index is -0.923. The van der Waals surface area contributed by atoms with Gasteiger partial charge < -0.3 is 19.5 Å².